The third-order valence-corrected chi connectivity index (χ3v) is 8.38. The molecule has 5 aliphatic rings. The molecule has 3 aliphatic carbocycles. The molecule has 0 amide bonds. The number of alkyl halides is 3. The minimum atomic E-state index is -4.70. The lowest BCUT2D eigenvalue weighted by Crippen LogP contribution is -2.63. The molecule has 2 aromatic rings. The van der Waals surface area contributed by atoms with Crippen molar-refractivity contribution in [3.8, 4) is 11.4 Å². The predicted molar refractivity (Wildman–Crippen MR) is 130 cm³/mol. The summed E-state index contributed by atoms with van der Waals surface area (Å²) in [7, 11) is 0. The maximum Gasteiger partial charge on any atom is 0.573 e. The monoisotopic (exact) mass is 505 g/mol. The summed E-state index contributed by atoms with van der Waals surface area (Å²) in [6, 6.07) is 8.29. The van der Waals surface area contributed by atoms with Gasteiger partial charge in [-0.2, -0.15) is 0 Å². The summed E-state index contributed by atoms with van der Waals surface area (Å²) in [5, 5.41) is 4.99. The summed E-state index contributed by atoms with van der Waals surface area (Å²) >= 11 is 0. The van der Waals surface area contributed by atoms with Crippen LogP contribution in [0.25, 0.3) is 5.69 Å². The van der Waals surface area contributed by atoms with Gasteiger partial charge in [0, 0.05) is 63.8 Å². The summed E-state index contributed by atoms with van der Waals surface area (Å²) in [4.78, 5) is 7.34. The zero-order chi connectivity index (χ0) is 25.0. The van der Waals surface area contributed by atoms with E-state index in [0.29, 0.717) is 5.41 Å². The van der Waals surface area contributed by atoms with Crippen LogP contribution in [0.4, 0.5) is 19.0 Å². The molecule has 3 heterocycles. The van der Waals surface area contributed by atoms with Crippen molar-refractivity contribution in [3.63, 3.8) is 0 Å². The molecule has 2 saturated heterocycles. The van der Waals surface area contributed by atoms with Crippen molar-refractivity contribution in [2.24, 2.45) is 5.41 Å². The van der Waals surface area contributed by atoms with Gasteiger partial charge in [0.15, 0.2) is 5.82 Å². The van der Waals surface area contributed by atoms with Gasteiger partial charge >= 0.3 is 6.36 Å². The van der Waals surface area contributed by atoms with Crippen molar-refractivity contribution >= 4 is 5.82 Å². The molecule has 5 fully saturated rings. The second-order valence-electron chi connectivity index (χ2n) is 11.2. The van der Waals surface area contributed by atoms with Gasteiger partial charge in [0.2, 0.25) is 0 Å². The van der Waals surface area contributed by atoms with Crippen LogP contribution < -0.4 is 9.64 Å². The maximum atomic E-state index is 12.6. The zero-order valence-electron chi connectivity index (χ0n) is 20.8. The summed E-state index contributed by atoms with van der Waals surface area (Å²) in [6.45, 7) is 12.0. The van der Waals surface area contributed by atoms with Crippen molar-refractivity contribution in [2.75, 3.05) is 70.5 Å². The zero-order valence-corrected chi connectivity index (χ0v) is 20.8. The van der Waals surface area contributed by atoms with Gasteiger partial charge in [-0.1, -0.05) is 6.92 Å². The first-order chi connectivity index (χ1) is 17.2. The summed E-state index contributed by atoms with van der Waals surface area (Å²) in [5.74, 6) is 0.745. The number of benzene rings is 1. The van der Waals surface area contributed by atoms with E-state index in [1.807, 2.05) is 4.68 Å². The van der Waals surface area contributed by atoms with Crippen LogP contribution in [0.1, 0.15) is 31.9 Å². The Labute approximate surface area is 209 Å². The van der Waals surface area contributed by atoms with Crippen molar-refractivity contribution in [3.05, 3.63) is 36.0 Å². The Morgan fingerprint density at radius 1 is 0.917 bits per heavy atom. The van der Waals surface area contributed by atoms with Crippen LogP contribution in [-0.2, 0) is 10.2 Å². The van der Waals surface area contributed by atoms with E-state index in [9.17, 15) is 13.2 Å². The largest absolute Gasteiger partial charge is 0.573 e. The molecule has 2 aliphatic heterocycles. The fourth-order valence-electron chi connectivity index (χ4n) is 6.76. The van der Waals surface area contributed by atoms with Crippen molar-refractivity contribution < 1.29 is 22.6 Å². The Bertz CT molecular complexity index is 1050. The normalized spacial score (nSPS) is 29.1. The van der Waals surface area contributed by atoms with Crippen LogP contribution in [0, 0.1) is 5.41 Å². The fraction of sp³-hybridized carbons (Fsp3) is 0.654. The summed E-state index contributed by atoms with van der Waals surface area (Å²) < 4.78 is 49.3. The molecule has 0 spiro atoms. The number of hydrogen-bond donors (Lipinski definition) is 0. The molecule has 0 unspecified atom stereocenters. The minimum absolute atomic E-state index is 0.140. The number of ether oxygens (including phenoxy) is 2. The highest BCUT2D eigenvalue weighted by molar-refractivity contribution is 5.50. The molecule has 7 nitrogen and oxygen atoms in total. The highest BCUT2D eigenvalue weighted by atomic mass is 19.4. The van der Waals surface area contributed by atoms with Gasteiger partial charge in [0.05, 0.1) is 24.6 Å². The number of hydrogen-bond acceptors (Lipinski definition) is 6. The van der Waals surface area contributed by atoms with Crippen molar-refractivity contribution in [1.82, 2.24) is 19.6 Å². The SMILES string of the molecule is CC12CC(c3cc(N4CCN(CCN5CCOCC5)CC4)nn3-c3ccc(OC(F)(F)F)cc3)(C1)C2. The lowest BCUT2D eigenvalue weighted by atomic mass is 9.35. The topological polar surface area (TPSA) is 46.0 Å². The van der Waals surface area contributed by atoms with Gasteiger partial charge in [-0.05, 0) is 48.9 Å². The Morgan fingerprint density at radius 2 is 1.53 bits per heavy atom. The van der Waals surface area contributed by atoms with Crippen LogP contribution in [0.3, 0.4) is 0 Å². The molecule has 1 aromatic carbocycles. The van der Waals surface area contributed by atoms with Gasteiger partial charge in [-0.15, -0.1) is 18.3 Å². The average Bonchev–Trinajstić information content (AvgIpc) is 3.26. The van der Waals surface area contributed by atoms with E-state index in [2.05, 4.69) is 32.4 Å². The Morgan fingerprint density at radius 3 is 2.11 bits per heavy atom. The predicted octanol–water partition coefficient (Wildman–Crippen LogP) is 3.67. The molecule has 196 valence electrons. The quantitative estimate of drug-likeness (QED) is 0.573. The number of aromatic nitrogens is 2. The Hall–Kier alpha value is -2.30. The molecule has 1 aromatic heterocycles. The van der Waals surface area contributed by atoms with Crippen molar-refractivity contribution in [1.29, 1.82) is 0 Å². The third-order valence-electron chi connectivity index (χ3n) is 8.38. The minimum Gasteiger partial charge on any atom is -0.406 e. The first kappa shape index (κ1) is 24.1. The van der Waals surface area contributed by atoms with E-state index in [1.54, 1.807) is 12.1 Å². The lowest BCUT2D eigenvalue weighted by molar-refractivity contribution is -0.274. The highest BCUT2D eigenvalue weighted by Gasteiger charge is 2.67. The second kappa shape index (κ2) is 8.92. The van der Waals surface area contributed by atoms with Crippen LogP contribution in [0.2, 0.25) is 0 Å². The van der Waals surface area contributed by atoms with E-state index >= 15 is 0 Å². The number of anilines is 1. The van der Waals surface area contributed by atoms with Gasteiger partial charge in [0.25, 0.3) is 0 Å². The van der Waals surface area contributed by atoms with Gasteiger partial charge < -0.3 is 14.4 Å². The highest BCUT2D eigenvalue weighted by Crippen LogP contribution is 2.73. The standard InChI is InChI=1S/C26H34F3N5O2/c1-24-17-25(18-24,19-24)22-16-23(30-34(22)20-2-4-21(5-3-20)36-26(27,28)29)33-10-8-31(9-11-33)6-7-32-12-14-35-15-13-32/h2-5,16H,6-15,17-19H2,1H3. The van der Waals surface area contributed by atoms with E-state index in [4.69, 9.17) is 9.84 Å². The summed E-state index contributed by atoms with van der Waals surface area (Å²) in [6.07, 6.45) is -1.25. The van der Waals surface area contributed by atoms with E-state index < -0.39 is 6.36 Å². The second-order valence-corrected chi connectivity index (χ2v) is 11.2. The molecule has 2 bridgehead atoms. The van der Waals surface area contributed by atoms with Gasteiger partial charge in [-0.25, -0.2) is 4.68 Å². The van der Waals surface area contributed by atoms with Crippen LogP contribution >= 0.6 is 0 Å². The number of rotatable bonds is 7. The first-order valence-electron chi connectivity index (χ1n) is 12.9. The average molecular weight is 506 g/mol. The molecule has 7 rings (SSSR count). The molecule has 3 saturated carbocycles. The molecule has 36 heavy (non-hydrogen) atoms. The number of morpholine rings is 1. The molecular formula is C26H34F3N5O2. The van der Waals surface area contributed by atoms with E-state index in [-0.39, 0.29) is 11.2 Å². The molecule has 10 heteroatoms. The molecule has 0 N–H and O–H groups in total. The fourth-order valence-corrected chi connectivity index (χ4v) is 6.76. The maximum absolute atomic E-state index is 12.6. The summed E-state index contributed by atoms with van der Waals surface area (Å²) in [5.41, 5.74) is 2.53. The molecular weight excluding hydrogens is 471 g/mol. The van der Waals surface area contributed by atoms with Crippen LogP contribution in [0.15, 0.2) is 30.3 Å². The molecule has 0 radical (unpaired) electrons. The lowest BCUT2D eigenvalue weighted by Gasteiger charge is -2.69. The molecule has 0 atom stereocenters. The Kier molecular flexibility index (Phi) is 5.96. The van der Waals surface area contributed by atoms with E-state index in [1.165, 1.54) is 17.8 Å². The van der Waals surface area contributed by atoms with Gasteiger partial charge in [0.1, 0.15) is 5.75 Å². The Balaban J connectivity index is 1.15. The first-order valence-corrected chi connectivity index (χ1v) is 12.9. The third kappa shape index (κ3) is 4.70. The van der Waals surface area contributed by atoms with Gasteiger partial charge in [-0.3, -0.25) is 9.80 Å². The van der Waals surface area contributed by atoms with Crippen molar-refractivity contribution in [2.45, 2.75) is 38.0 Å². The van der Waals surface area contributed by atoms with Crippen LogP contribution in [-0.4, -0.2) is 91.5 Å². The number of nitrogens with zero attached hydrogens (tertiary/aromatic N) is 5. The number of halogens is 3. The number of piperazine rings is 1. The van der Waals surface area contributed by atoms with Crippen LogP contribution in [0.5, 0.6) is 5.75 Å². The smallest absolute Gasteiger partial charge is 0.406 e. The van der Waals surface area contributed by atoms with E-state index in [0.717, 1.165) is 96.3 Å².